The maximum absolute atomic E-state index is 12.5. The van der Waals surface area contributed by atoms with Gasteiger partial charge in [-0.15, -0.1) is 0 Å². The Morgan fingerprint density at radius 3 is 2.30 bits per heavy atom. The number of nitrogens with one attached hydrogen (secondary N) is 1. The van der Waals surface area contributed by atoms with Gasteiger partial charge in [0.2, 0.25) is 5.91 Å². The van der Waals surface area contributed by atoms with Crippen molar-refractivity contribution in [2.75, 3.05) is 12.8 Å². The van der Waals surface area contributed by atoms with Crippen LogP contribution in [-0.2, 0) is 14.6 Å². The second-order valence-corrected chi connectivity index (χ2v) is 8.72. The number of hydrogen-bond donors (Lipinski definition) is 2. The normalized spacial score (nSPS) is 12.5. The van der Waals surface area contributed by atoms with E-state index in [4.69, 9.17) is 5.73 Å². The van der Waals surface area contributed by atoms with E-state index in [1.165, 1.54) is 6.26 Å². The highest BCUT2D eigenvalue weighted by Gasteiger charge is 2.18. The van der Waals surface area contributed by atoms with Crippen LogP contribution in [0, 0.1) is 0 Å². The fraction of sp³-hybridized carbons (Fsp3) is 0.381. The van der Waals surface area contributed by atoms with Gasteiger partial charge in [-0.1, -0.05) is 55.3 Å². The van der Waals surface area contributed by atoms with E-state index in [2.05, 4.69) is 5.32 Å². The lowest BCUT2D eigenvalue weighted by molar-refractivity contribution is -0.121. The number of sulfone groups is 1. The molecule has 0 aliphatic rings. The zero-order valence-corrected chi connectivity index (χ0v) is 16.5. The molecular formula is C21H28N2O3S. The summed E-state index contributed by atoms with van der Waals surface area (Å²) in [7, 11) is -3.32. The molecule has 0 aromatic heterocycles. The SMILES string of the molecule is CS(=O)(=O)c1cccc(C(NC(=O)CCCCCCN)c2ccccc2)c1. The Labute approximate surface area is 161 Å². The Bertz CT molecular complexity index is 836. The number of unbranched alkanes of at least 4 members (excludes halogenated alkanes) is 3. The summed E-state index contributed by atoms with van der Waals surface area (Å²) in [6.07, 6.45) is 5.43. The van der Waals surface area contributed by atoms with Crippen LogP contribution >= 0.6 is 0 Å². The average molecular weight is 389 g/mol. The van der Waals surface area contributed by atoms with E-state index >= 15 is 0 Å². The van der Waals surface area contributed by atoms with Gasteiger partial charge in [-0.25, -0.2) is 8.42 Å². The lowest BCUT2D eigenvalue weighted by atomic mass is 9.98. The molecule has 0 aliphatic carbocycles. The average Bonchev–Trinajstić information content (AvgIpc) is 2.66. The van der Waals surface area contributed by atoms with E-state index in [1.807, 2.05) is 36.4 Å². The smallest absolute Gasteiger partial charge is 0.220 e. The summed E-state index contributed by atoms with van der Waals surface area (Å²) in [5.74, 6) is -0.0404. The maximum Gasteiger partial charge on any atom is 0.220 e. The first-order chi connectivity index (χ1) is 12.9. The predicted octanol–water partition coefficient (Wildman–Crippen LogP) is 3.20. The van der Waals surface area contributed by atoms with Crippen molar-refractivity contribution in [3.8, 4) is 0 Å². The van der Waals surface area contributed by atoms with Gasteiger partial charge in [0.25, 0.3) is 0 Å². The molecule has 5 nitrogen and oxygen atoms in total. The molecule has 2 rings (SSSR count). The fourth-order valence-corrected chi connectivity index (χ4v) is 3.62. The Morgan fingerprint density at radius 2 is 1.63 bits per heavy atom. The molecule has 27 heavy (non-hydrogen) atoms. The van der Waals surface area contributed by atoms with E-state index in [0.717, 1.165) is 36.8 Å². The molecule has 0 spiro atoms. The van der Waals surface area contributed by atoms with Gasteiger partial charge >= 0.3 is 0 Å². The van der Waals surface area contributed by atoms with Crippen LogP contribution in [-0.4, -0.2) is 27.1 Å². The van der Waals surface area contributed by atoms with Gasteiger partial charge in [-0.05, 0) is 42.6 Å². The minimum absolute atomic E-state index is 0.0404. The van der Waals surface area contributed by atoms with E-state index in [1.54, 1.807) is 18.2 Å². The zero-order chi connectivity index (χ0) is 19.7. The molecule has 0 heterocycles. The topological polar surface area (TPSA) is 89.3 Å². The van der Waals surface area contributed by atoms with Crippen molar-refractivity contribution in [2.24, 2.45) is 5.73 Å². The number of nitrogens with two attached hydrogens (primary N) is 1. The van der Waals surface area contributed by atoms with Gasteiger partial charge < -0.3 is 11.1 Å². The quantitative estimate of drug-likeness (QED) is 0.612. The van der Waals surface area contributed by atoms with E-state index in [-0.39, 0.29) is 16.8 Å². The van der Waals surface area contributed by atoms with Crippen molar-refractivity contribution in [1.82, 2.24) is 5.32 Å². The van der Waals surface area contributed by atoms with Crippen molar-refractivity contribution in [1.29, 1.82) is 0 Å². The third kappa shape index (κ3) is 6.81. The number of benzene rings is 2. The van der Waals surface area contributed by atoms with Crippen LogP contribution in [0.2, 0.25) is 0 Å². The Balaban J connectivity index is 2.17. The second kappa shape index (κ2) is 10.2. The minimum Gasteiger partial charge on any atom is -0.345 e. The first-order valence-electron chi connectivity index (χ1n) is 9.26. The summed E-state index contributed by atoms with van der Waals surface area (Å²) in [4.78, 5) is 12.7. The number of carbonyl (C=O) groups is 1. The molecule has 146 valence electrons. The van der Waals surface area contributed by atoms with Crippen molar-refractivity contribution in [2.45, 2.75) is 43.0 Å². The van der Waals surface area contributed by atoms with Crippen molar-refractivity contribution < 1.29 is 13.2 Å². The van der Waals surface area contributed by atoms with E-state index in [0.29, 0.717) is 13.0 Å². The lowest BCUT2D eigenvalue weighted by Crippen LogP contribution is -2.29. The van der Waals surface area contributed by atoms with Gasteiger partial charge in [0, 0.05) is 12.7 Å². The summed E-state index contributed by atoms with van der Waals surface area (Å²) in [5.41, 5.74) is 7.15. The monoisotopic (exact) mass is 388 g/mol. The van der Waals surface area contributed by atoms with Crippen molar-refractivity contribution >= 4 is 15.7 Å². The molecule has 0 aliphatic heterocycles. The van der Waals surface area contributed by atoms with Crippen LogP contribution in [0.4, 0.5) is 0 Å². The van der Waals surface area contributed by atoms with Gasteiger partial charge in [-0.3, -0.25) is 4.79 Å². The van der Waals surface area contributed by atoms with Crippen LogP contribution < -0.4 is 11.1 Å². The van der Waals surface area contributed by atoms with Crippen LogP contribution in [0.25, 0.3) is 0 Å². The highest BCUT2D eigenvalue weighted by atomic mass is 32.2. The molecule has 6 heteroatoms. The van der Waals surface area contributed by atoms with Crippen LogP contribution in [0.5, 0.6) is 0 Å². The summed E-state index contributed by atoms with van der Waals surface area (Å²) in [6.45, 7) is 0.680. The molecule has 0 saturated heterocycles. The standard InChI is InChI=1S/C21H28N2O3S/c1-27(25,26)19-13-9-12-18(16-19)21(17-10-5-4-6-11-17)23-20(24)14-7-2-3-8-15-22/h4-6,9-13,16,21H,2-3,7-8,14-15,22H2,1H3,(H,23,24). The molecule has 0 radical (unpaired) electrons. The second-order valence-electron chi connectivity index (χ2n) is 6.71. The number of hydrogen-bond acceptors (Lipinski definition) is 4. The zero-order valence-electron chi connectivity index (χ0n) is 15.7. The van der Waals surface area contributed by atoms with Gasteiger partial charge in [0.1, 0.15) is 0 Å². The summed E-state index contributed by atoms with van der Waals surface area (Å²) in [5, 5.41) is 3.06. The summed E-state index contributed by atoms with van der Waals surface area (Å²) in [6, 6.07) is 15.9. The third-order valence-electron chi connectivity index (χ3n) is 4.42. The Morgan fingerprint density at radius 1 is 0.963 bits per heavy atom. The van der Waals surface area contributed by atoms with Gasteiger partial charge in [-0.2, -0.15) is 0 Å². The van der Waals surface area contributed by atoms with Gasteiger partial charge in [0.15, 0.2) is 9.84 Å². The third-order valence-corrected chi connectivity index (χ3v) is 5.53. The molecule has 2 aromatic rings. The molecule has 0 saturated carbocycles. The van der Waals surface area contributed by atoms with Gasteiger partial charge in [0.05, 0.1) is 10.9 Å². The maximum atomic E-state index is 12.5. The lowest BCUT2D eigenvalue weighted by Gasteiger charge is -2.20. The van der Waals surface area contributed by atoms with Crippen LogP contribution in [0.1, 0.15) is 49.3 Å². The number of carbonyl (C=O) groups excluding carboxylic acids is 1. The Kier molecular flexibility index (Phi) is 8.00. The molecule has 3 N–H and O–H groups in total. The molecule has 1 atom stereocenters. The summed E-state index contributed by atoms with van der Waals surface area (Å²) < 4.78 is 23.8. The first kappa shape index (κ1) is 21.1. The van der Waals surface area contributed by atoms with E-state index in [9.17, 15) is 13.2 Å². The summed E-state index contributed by atoms with van der Waals surface area (Å²) >= 11 is 0. The molecule has 2 aromatic carbocycles. The first-order valence-corrected chi connectivity index (χ1v) is 11.2. The minimum atomic E-state index is -3.32. The van der Waals surface area contributed by atoms with Crippen molar-refractivity contribution in [3.05, 3.63) is 65.7 Å². The highest BCUT2D eigenvalue weighted by Crippen LogP contribution is 2.24. The number of rotatable bonds is 10. The highest BCUT2D eigenvalue weighted by molar-refractivity contribution is 7.90. The van der Waals surface area contributed by atoms with Crippen molar-refractivity contribution in [3.63, 3.8) is 0 Å². The van der Waals surface area contributed by atoms with Crippen LogP contribution in [0.15, 0.2) is 59.5 Å². The predicted molar refractivity (Wildman–Crippen MR) is 108 cm³/mol. The van der Waals surface area contributed by atoms with E-state index < -0.39 is 9.84 Å². The largest absolute Gasteiger partial charge is 0.345 e. The molecule has 0 fully saturated rings. The van der Waals surface area contributed by atoms with Crippen LogP contribution in [0.3, 0.4) is 0 Å². The molecule has 1 unspecified atom stereocenters. The Hall–Kier alpha value is -2.18. The molecule has 0 bridgehead atoms. The molecular weight excluding hydrogens is 360 g/mol. The molecule has 1 amide bonds. The number of amides is 1. The fourth-order valence-electron chi connectivity index (χ4n) is 2.95.